The SMILES string of the molecule is CN1CCN=C(/C=C/c2cc(N)ccc2SCc2ccccc2)c2ccccc21.Cl. The number of aliphatic imine (C=N–C) groups is 1. The third-order valence-corrected chi connectivity index (χ3v) is 6.16. The van der Waals surface area contributed by atoms with Gasteiger partial charge in [0, 0.05) is 41.2 Å². The van der Waals surface area contributed by atoms with Gasteiger partial charge in [-0.2, -0.15) is 0 Å². The number of halogens is 1. The summed E-state index contributed by atoms with van der Waals surface area (Å²) in [7, 11) is 2.12. The number of anilines is 2. The molecule has 3 aromatic rings. The first-order valence-electron chi connectivity index (χ1n) is 9.80. The molecule has 2 N–H and O–H groups in total. The van der Waals surface area contributed by atoms with Gasteiger partial charge in [0.05, 0.1) is 12.3 Å². The number of nitrogen functional groups attached to an aromatic ring is 1. The number of thioether (sulfide) groups is 1. The Morgan fingerprint density at radius 3 is 2.60 bits per heavy atom. The van der Waals surface area contributed by atoms with Crippen molar-refractivity contribution in [2.45, 2.75) is 10.6 Å². The molecule has 4 rings (SSSR count). The first-order chi connectivity index (χ1) is 14.2. The molecular formula is C25H26ClN3S. The number of benzene rings is 3. The van der Waals surface area contributed by atoms with E-state index in [-0.39, 0.29) is 12.4 Å². The second-order valence-corrected chi connectivity index (χ2v) is 8.13. The molecule has 0 radical (unpaired) electrons. The third-order valence-electron chi connectivity index (χ3n) is 5.00. The monoisotopic (exact) mass is 435 g/mol. The quantitative estimate of drug-likeness (QED) is 0.398. The first kappa shape index (κ1) is 22.0. The summed E-state index contributed by atoms with van der Waals surface area (Å²) in [5.41, 5.74) is 12.7. The molecule has 0 saturated carbocycles. The van der Waals surface area contributed by atoms with Crippen molar-refractivity contribution in [3.8, 4) is 0 Å². The van der Waals surface area contributed by atoms with Crippen molar-refractivity contribution in [1.29, 1.82) is 0 Å². The number of nitrogens with zero attached hydrogens (tertiary/aromatic N) is 2. The summed E-state index contributed by atoms with van der Waals surface area (Å²) in [5.74, 6) is 0.931. The Balaban J connectivity index is 0.00000256. The molecule has 3 nitrogen and oxygen atoms in total. The highest BCUT2D eigenvalue weighted by Crippen LogP contribution is 2.29. The highest BCUT2D eigenvalue weighted by molar-refractivity contribution is 7.98. The van der Waals surface area contributed by atoms with Crippen molar-refractivity contribution in [2.24, 2.45) is 4.99 Å². The van der Waals surface area contributed by atoms with Crippen LogP contribution in [0.3, 0.4) is 0 Å². The highest BCUT2D eigenvalue weighted by atomic mass is 35.5. The van der Waals surface area contributed by atoms with Crippen LogP contribution in [0.15, 0.2) is 88.8 Å². The molecule has 1 heterocycles. The molecule has 154 valence electrons. The van der Waals surface area contributed by atoms with Gasteiger partial charge in [-0.25, -0.2) is 0 Å². The van der Waals surface area contributed by atoms with Crippen LogP contribution >= 0.6 is 24.2 Å². The van der Waals surface area contributed by atoms with Gasteiger partial charge >= 0.3 is 0 Å². The van der Waals surface area contributed by atoms with Crippen LogP contribution in [0.1, 0.15) is 16.7 Å². The molecule has 0 fully saturated rings. The van der Waals surface area contributed by atoms with Gasteiger partial charge in [-0.05, 0) is 41.5 Å². The maximum atomic E-state index is 6.08. The Hall–Kier alpha value is -2.69. The fourth-order valence-corrected chi connectivity index (χ4v) is 4.40. The number of likely N-dealkylation sites (N-methyl/N-ethyl adjacent to an activating group) is 1. The van der Waals surface area contributed by atoms with Crippen LogP contribution in [-0.4, -0.2) is 25.8 Å². The van der Waals surface area contributed by atoms with Crippen LogP contribution in [0, 0.1) is 0 Å². The molecule has 0 atom stereocenters. The summed E-state index contributed by atoms with van der Waals surface area (Å²) >= 11 is 1.83. The van der Waals surface area contributed by atoms with Crippen LogP contribution in [0.4, 0.5) is 11.4 Å². The van der Waals surface area contributed by atoms with E-state index in [9.17, 15) is 0 Å². The zero-order valence-corrected chi connectivity index (χ0v) is 18.6. The van der Waals surface area contributed by atoms with Crippen LogP contribution in [0.2, 0.25) is 0 Å². The van der Waals surface area contributed by atoms with Crippen LogP contribution in [-0.2, 0) is 5.75 Å². The zero-order chi connectivity index (χ0) is 20.1. The molecule has 0 amide bonds. The van der Waals surface area contributed by atoms with Gasteiger partial charge in [0.2, 0.25) is 0 Å². The number of fused-ring (bicyclic) bond motifs is 1. The average molecular weight is 436 g/mol. The summed E-state index contributed by atoms with van der Waals surface area (Å²) in [4.78, 5) is 8.31. The molecule has 0 bridgehead atoms. The lowest BCUT2D eigenvalue weighted by atomic mass is 10.1. The molecule has 0 aromatic heterocycles. The van der Waals surface area contributed by atoms with Gasteiger partial charge in [-0.15, -0.1) is 24.2 Å². The Morgan fingerprint density at radius 1 is 1.00 bits per heavy atom. The normalized spacial score (nSPS) is 13.4. The summed E-state index contributed by atoms with van der Waals surface area (Å²) in [6.45, 7) is 1.71. The van der Waals surface area contributed by atoms with E-state index in [2.05, 4.69) is 78.7 Å². The van der Waals surface area contributed by atoms with Crippen molar-refractivity contribution in [1.82, 2.24) is 0 Å². The summed E-state index contributed by atoms with van der Waals surface area (Å²) < 4.78 is 0. The number of hydrogen-bond acceptors (Lipinski definition) is 4. The number of hydrogen-bond donors (Lipinski definition) is 1. The predicted octanol–water partition coefficient (Wildman–Crippen LogP) is 5.94. The van der Waals surface area contributed by atoms with Gasteiger partial charge in [0.15, 0.2) is 0 Å². The highest BCUT2D eigenvalue weighted by Gasteiger charge is 2.13. The second-order valence-electron chi connectivity index (χ2n) is 7.11. The fraction of sp³-hybridized carbons (Fsp3) is 0.160. The average Bonchev–Trinajstić information content (AvgIpc) is 2.91. The molecule has 0 saturated heterocycles. The summed E-state index contributed by atoms with van der Waals surface area (Å²) in [5, 5.41) is 0. The molecule has 1 aliphatic rings. The Morgan fingerprint density at radius 2 is 1.77 bits per heavy atom. The topological polar surface area (TPSA) is 41.6 Å². The maximum absolute atomic E-state index is 6.08. The standard InChI is InChI=1S/C25H25N3S.ClH/c1-28-16-15-27-23(22-9-5-6-10-24(22)28)13-11-20-17-21(26)12-14-25(20)29-18-19-7-3-2-4-8-19;/h2-14,17H,15-16,18,26H2,1H3;1H/b13-11+;. The van der Waals surface area contributed by atoms with E-state index >= 15 is 0 Å². The van der Waals surface area contributed by atoms with E-state index in [4.69, 9.17) is 10.7 Å². The summed E-state index contributed by atoms with van der Waals surface area (Å²) in [6.07, 6.45) is 4.27. The van der Waals surface area contributed by atoms with E-state index in [0.717, 1.165) is 35.8 Å². The van der Waals surface area contributed by atoms with Crippen molar-refractivity contribution in [3.05, 3.63) is 95.6 Å². The molecular weight excluding hydrogens is 410 g/mol. The first-order valence-corrected chi connectivity index (χ1v) is 10.8. The van der Waals surface area contributed by atoms with Gasteiger partial charge in [0.25, 0.3) is 0 Å². The predicted molar refractivity (Wildman–Crippen MR) is 134 cm³/mol. The molecule has 3 aromatic carbocycles. The van der Waals surface area contributed by atoms with E-state index in [1.54, 1.807) is 0 Å². The Bertz CT molecular complexity index is 1050. The van der Waals surface area contributed by atoms with E-state index in [1.807, 2.05) is 30.0 Å². The lowest BCUT2D eigenvalue weighted by Gasteiger charge is -2.18. The van der Waals surface area contributed by atoms with Gasteiger partial charge in [-0.1, -0.05) is 54.6 Å². The van der Waals surface area contributed by atoms with Gasteiger partial charge in [0.1, 0.15) is 0 Å². The fourth-order valence-electron chi connectivity index (χ4n) is 3.42. The molecule has 0 aliphatic carbocycles. The second kappa shape index (κ2) is 10.4. The molecule has 30 heavy (non-hydrogen) atoms. The van der Waals surface area contributed by atoms with Gasteiger partial charge in [-0.3, -0.25) is 4.99 Å². The van der Waals surface area contributed by atoms with E-state index in [1.165, 1.54) is 21.7 Å². The lowest BCUT2D eigenvalue weighted by Crippen LogP contribution is -2.20. The third kappa shape index (κ3) is 5.26. The zero-order valence-electron chi connectivity index (χ0n) is 17.0. The van der Waals surface area contributed by atoms with Crippen molar-refractivity contribution < 1.29 is 0 Å². The number of para-hydroxylation sites is 1. The van der Waals surface area contributed by atoms with Crippen LogP contribution in [0.5, 0.6) is 0 Å². The van der Waals surface area contributed by atoms with E-state index in [0.29, 0.717) is 0 Å². The molecule has 1 aliphatic heterocycles. The molecule has 0 spiro atoms. The Labute approximate surface area is 189 Å². The van der Waals surface area contributed by atoms with Crippen LogP contribution < -0.4 is 10.6 Å². The minimum atomic E-state index is 0. The van der Waals surface area contributed by atoms with Gasteiger partial charge < -0.3 is 10.6 Å². The van der Waals surface area contributed by atoms with Crippen molar-refractivity contribution in [3.63, 3.8) is 0 Å². The van der Waals surface area contributed by atoms with Crippen molar-refractivity contribution in [2.75, 3.05) is 30.8 Å². The molecule has 0 unspecified atom stereocenters. The number of nitrogens with two attached hydrogens (primary N) is 1. The minimum Gasteiger partial charge on any atom is -0.399 e. The molecule has 5 heteroatoms. The van der Waals surface area contributed by atoms with Crippen molar-refractivity contribution >= 4 is 47.3 Å². The number of benzodiazepines with no additional fused rings is 1. The van der Waals surface area contributed by atoms with E-state index < -0.39 is 0 Å². The largest absolute Gasteiger partial charge is 0.399 e. The smallest absolute Gasteiger partial charge is 0.0668 e. The Kier molecular flexibility index (Phi) is 7.61. The number of allylic oxidation sites excluding steroid dienone is 1. The number of rotatable bonds is 5. The maximum Gasteiger partial charge on any atom is 0.0668 e. The van der Waals surface area contributed by atoms with Crippen LogP contribution in [0.25, 0.3) is 6.08 Å². The lowest BCUT2D eigenvalue weighted by molar-refractivity contribution is 0.897. The summed E-state index contributed by atoms with van der Waals surface area (Å²) in [6, 6.07) is 25.1. The minimum absolute atomic E-state index is 0.